The van der Waals surface area contributed by atoms with Crippen LogP contribution in [0.3, 0.4) is 0 Å². The van der Waals surface area contributed by atoms with Gasteiger partial charge in [0.15, 0.2) is 0 Å². The lowest BCUT2D eigenvalue weighted by atomic mass is 10.4. The summed E-state index contributed by atoms with van der Waals surface area (Å²) in [4.78, 5) is 2.40. The number of hydrogen-bond donors (Lipinski definition) is 0. The topological polar surface area (TPSA) is 15.7 Å². The number of hydrogen-bond acceptors (Lipinski definition) is 3. The highest BCUT2D eigenvalue weighted by atomic mass is 28.2. The molecule has 1 atom stereocenters. The van der Waals surface area contributed by atoms with Gasteiger partial charge in [-0.2, -0.15) is 0 Å². The predicted molar refractivity (Wildman–Crippen MR) is 58.6 cm³/mol. The van der Waals surface area contributed by atoms with Gasteiger partial charge < -0.3 is 9.30 Å². The third-order valence-corrected chi connectivity index (χ3v) is 4.27. The minimum atomic E-state index is 0.0158. The largest absolute Gasteiger partial charge is 0.361 e. The number of morpholine rings is 1. The van der Waals surface area contributed by atoms with E-state index in [2.05, 4.69) is 29.9 Å². The van der Waals surface area contributed by atoms with Crippen LogP contribution in [-0.2, 0) is 4.74 Å². The second kappa shape index (κ2) is 5.75. The Hall–Kier alpha value is 0.0969. The predicted octanol–water partition coefficient (Wildman–Crippen LogP) is 0.118. The van der Waals surface area contributed by atoms with Gasteiger partial charge in [-0.1, -0.05) is 20.4 Å². The van der Waals surface area contributed by atoms with Crippen molar-refractivity contribution in [3.8, 4) is 0 Å². The Bertz CT molecular complexity index is 142. The van der Waals surface area contributed by atoms with Crippen LogP contribution < -0.4 is 0 Å². The minimum absolute atomic E-state index is 0.0158. The summed E-state index contributed by atoms with van der Waals surface area (Å²) in [6.07, 6.45) is 0.358. The zero-order chi connectivity index (χ0) is 9.68. The van der Waals surface area contributed by atoms with Crippen LogP contribution in [0, 0.1) is 0 Å². The first kappa shape index (κ1) is 11.2. The molecule has 1 heterocycles. The van der Waals surface area contributed by atoms with Gasteiger partial charge in [-0.05, 0) is 13.1 Å². The Morgan fingerprint density at radius 1 is 1.46 bits per heavy atom. The molecule has 4 heteroatoms. The molecule has 0 amide bonds. The molecule has 0 aromatic rings. The fourth-order valence-corrected chi connectivity index (χ4v) is 2.75. The molecule has 1 aliphatic rings. The standard InChI is InChI=1S/C9H22N2OSi/c1-4-10(5-2)9-8-11(13-3)6-7-12-9/h9H,4-8,13H2,1-3H3. The maximum absolute atomic E-state index is 5.76. The maximum Gasteiger partial charge on any atom is 0.122 e. The second-order valence-electron chi connectivity index (χ2n) is 3.44. The van der Waals surface area contributed by atoms with Gasteiger partial charge in [0.1, 0.15) is 6.23 Å². The molecule has 1 unspecified atom stereocenters. The monoisotopic (exact) mass is 202 g/mol. The molecular weight excluding hydrogens is 180 g/mol. The van der Waals surface area contributed by atoms with Crippen LogP contribution in [0.15, 0.2) is 0 Å². The van der Waals surface area contributed by atoms with Crippen molar-refractivity contribution in [2.75, 3.05) is 32.8 Å². The Labute approximate surface area is 83.9 Å². The molecule has 13 heavy (non-hydrogen) atoms. The molecule has 0 aromatic carbocycles. The summed E-state index contributed by atoms with van der Waals surface area (Å²) >= 11 is 0. The van der Waals surface area contributed by atoms with E-state index in [0.29, 0.717) is 6.23 Å². The lowest BCUT2D eigenvalue weighted by molar-refractivity contribution is -0.0918. The summed E-state index contributed by atoms with van der Waals surface area (Å²) in [7, 11) is 0.0158. The summed E-state index contributed by atoms with van der Waals surface area (Å²) < 4.78 is 8.35. The van der Waals surface area contributed by atoms with Crippen LogP contribution in [-0.4, -0.2) is 58.2 Å². The lowest BCUT2D eigenvalue weighted by Gasteiger charge is -2.38. The second-order valence-corrected chi connectivity index (χ2v) is 4.97. The van der Waals surface area contributed by atoms with E-state index in [0.717, 1.165) is 32.8 Å². The lowest BCUT2D eigenvalue weighted by Crippen LogP contribution is -2.51. The third kappa shape index (κ3) is 3.05. The van der Waals surface area contributed by atoms with E-state index in [-0.39, 0.29) is 9.68 Å². The molecule has 1 saturated heterocycles. The van der Waals surface area contributed by atoms with Gasteiger partial charge in [-0.15, -0.1) is 0 Å². The minimum Gasteiger partial charge on any atom is -0.361 e. The van der Waals surface area contributed by atoms with Crippen LogP contribution in [0.2, 0.25) is 6.55 Å². The Morgan fingerprint density at radius 3 is 2.69 bits per heavy atom. The zero-order valence-corrected chi connectivity index (χ0v) is 10.5. The number of likely N-dealkylation sites (N-methyl/N-ethyl adjacent to an activating group) is 1. The molecule has 1 aliphatic heterocycles. The molecule has 0 aromatic heterocycles. The summed E-state index contributed by atoms with van der Waals surface area (Å²) in [5.41, 5.74) is 0. The van der Waals surface area contributed by atoms with Crippen molar-refractivity contribution in [2.24, 2.45) is 0 Å². The van der Waals surface area contributed by atoms with Crippen molar-refractivity contribution in [1.29, 1.82) is 0 Å². The van der Waals surface area contributed by atoms with Gasteiger partial charge in [-0.3, -0.25) is 4.90 Å². The van der Waals surface area contributed by atoms with E-state index in [4.69, 9.17) is 4.74 Å². The normalized spacial score (nSPS) is 26.3. The number of ether oxygens (including phenoxy) is 1. The summed E-state index contributed by atoms with van der Waals surface area (Å²) in [5, 5.41) is 0. The van der Waals surface area contributed by atoms with Crippen LogP contribution >= 0.6 is 0 Å². The van der Waals surface area contributed by atoms with Crippen molar-refractivity contribution in [1.82, 2.24) is 9.47 Å². The van der Waals surface area contributed by atoms with Crippen LogP contribution in [0.25, 0.3) is 0 Å². The number of rotatable bonds is 4. The quantitative estimate of drug-likeness (QED) is 0.602. The van der Waals surface area contributed by atoms with Gasteiger partial charge in [0, 0.05) is 13.1 Å². The van der Waals surface area contributed by atoms with E-state index in [1.807, 2.05) is 0 Å². The van der Waals surface area contributed by atoms with Gasteiger partial charge in [-0.25, -0.2) is 0 Å². The highest BCUT2D eigenvalue weighted by molar-refractivity contribution is 6.29. The smallest absolute Gasteiger partial charge is 0.122 e. The molecule has 78 valence electrons. The first-order valence-corrected chi connectivity index (χ1v) is 7.44. The molecule has 0 bridgehead atoms. The highest BCUT2D eigenvalue weighted by Gasteiger charge is 2.22. The van der Waals surface area contributed by atoms with Crippen molar-refractivity contribution in [3.05, 3.63) is 0 Å². The maximum atomic E-state index is 5.76. The first-order chi connectivity index (χ1) is 6.31. The van der Waals surface area contributed by atoms with E-state index in [1.54, 1.807) is 0 Å². The highest BCUT2D eigenvalue weighted by Crippen LogP contribution is 2.08. The molecule has 0 spiro atoms. The average molecular weight is 202 g/mol. The fraction of sp³-hybridized carbons (Fsp3) is 1.00. The van der Waals surface area contributed by atoms with E-state index < -0.39 is 0 Å². The van der Waals surface area contributed by atoms with Gasteiger partial charge >= 0.3 is 0 Å². The SMILES string of the molecule is CCN(CC)C1CN([SiH2]C)CCO1. The molecule has 0 radical (unpaired) electrons. The molecule has 1 fully saturated rings. The molecule has 1 rings (SSSR count). The van der Waals surface area contributed by atoms with Crippen molar-refractivity contribution in [2.45, 2.75) is 26.6 Å². The Balaban J connectivity index is 2.40. The molecule has 3 nitrogen and oxygen atoms in total. The van der Waals surface area contributed by atoms with E-state index >= 15 is 0 Å². The van der Waals surface area contributed by atoms with Gasteiger partial charge in [0.25, 0.3) is 0 Å². The third-order valence-electron chi connectivity index (χ3n) is 2.80. The molecule has 0 aliphatic carbocycles. The summed E-state index contributed by atoms with van der Waals surface area (Å²) in [6, 6.07) is 0. The number of nitrogens with zero attached hydrogens (tertiary/aromatic N) is 2. The molecular formula is C9H22N2OSi. The van der Waals surface area contributed by atoms with Crippen molar-refractivity contribution >= 4 is 9.68 Å². The summed E-state index contributed by atoms with van der Waals surface area (Å²) in [6.45, 7) is 12.2. The van der Waals surface area contributed by atoms with Gasteiger partial charge in [0.05, 0.1) is 16.3 Å². The van der Waals surface area contributed by atoms with Crippen LogP contribution in [0.5, 0.6) is 0 Å². The fourth-order valence-electron chi connectivity index (χ4n) is 1.82. The van der Waals surface area contributed by atoms with Crippen LogP contribution in [0.4, 0.5) is 0 Å². The van der Waals surface area contributed by atoms with E-state index in [9.17, 15) is 0 Å². The van der Waals surface area contributed by atoms with Crippen molar-refractivity contribution < 1.29 is 4.74 Å². The van der Waals surface area contributed by atoms with Crippen molar-refractivity contribution in [3.63, 3.8) is 0 Å². The van der Waals surface area contributed by atoms with Gasteiger partial charge in [0.2, 0.25) is 0 Å². The average Bonchev–Trinajstić information content (AvgIpc) is 2.20. The Kier molecular flexibility index (Phi) is 4.94. The zero-order valence-electron chi connectivity index (χ0n) is 9.12. The summed E-state index contributed by atoms with van der Waals surface area (Å²) in [5.74, 6) is 0. The van der Waals surface area contributed by atoms with E-state index in [1.165, 1.54) is 0 Å². The first-order valence-electron chi connectivity index (χ1n) is 5.39. The molecule has 0 saturated carbocycles. The Morgan fingerprint density at radius 2 is 2.15 bits per heavy atom. The van der Waals surface area contributed by atoms with Crippen LogP contribution in [0.1, 0.15) is 13.8 Å². The molecule has 0 N–H and O–H groups in total.